The Morgan fingerprint density at radius 2 is 1.98 bits per heavy atom. The summed E-state index contributed by atoms with van der Waals surface area (Å²) in [6.45, 7) is 12.2. The maximum Gasteiger partial charge on any atom is 0.261 e. The lowest BCUT2D eigenvalue weighted by molar-refractivity contribution is -0.124. The molecule has 0 radical (unpaired) electrons. The minimum atomic E-state index is -0.256. The molecule has 2 bridgehead atoms. The molecule has 222 valence electrons. The molecular weight excluding hydrogens is 531 g/mol. The quantitative estimate of drug-likeness (QED) is 0.340. The van der Waals surface area contributed by atoms with Gasteiger partial charge < -0.3 is 15.5 Å². The summed E-state index contributed by atoms with van der Waals surface area (Å²) in [5, 5.41) is 6.99. The maximum absolute atomic E-state index is 14.3. The molecular formula is C33H41FN6O2. The van der Waals surface area contributed by atoms with Crippen molar-refractivity contribution in [1.82, 2.24) is 19.8 Å². The zero-order valence-corrected chi connectivity index (χ0v) is 25.2. The normalized spacial score (nSPS) is 27.0. The first-order chi connectivity index (χ1) is 20.0. The molecule has 4 fully saturated rings. The predicted molar refractivity (Wildman–Crippen MR) is 164 cm³/mol. The van der Waals surface area contributed by atoms with Gasteiger partial charge in [0.1, 0.15) is 5.82 Å². The van der Waals surface area contributed by atoms with Crippen LogP contribution in [-0.2, 0) is 17.8 Å². The van der Waals surface area contributed by atoms with Crippen LogP contribution in [0.4, 0.5) is 10.1 Å². The van der Waals surface area contributed by atoms with Crippen molar-refractivity contribution in [2.45, 2.75) is 72.5 Å². The van der Waals surface area contributed by atoms with E-state index >= 15 is 0 Å². The van der Waals surface area contributed by atoms with Crippen LogP contribution >= 0.6 is 0 Å². The molecule has 0 spiro atoms. The van der Waals surface area contributed by atoms with Crippen molar-refractivity contribution in [3.63, 3.8) is 0 Å². The van der Waals surface area contributed by atoms with Gasteiger partial charge in [-0.05, 0) is 91.7 Å². The van der Waals surface area contributed by atoms with Gasteiger partial charge in [-0.25, -0.2) is 14.4 Å². The highest BCUT2D eigenvalue weighted by Gasteiger charge is 2.56. The minimum absolute atomic E-state index is 0.0134. The first kappa shape index (κ1) is 28.4. The number of nitrogens with one attached hydrogen (secondary N) is 2. The summed E-state index contributed by atoms with van der Waals surface area (Å²) < 4.78 is 15.8. The van der Waals surface area contributed by atoms with E-state index in [-0.39, 0.29) is 35.9 Å². The lowest BCUT2D eigenvalue weighted by Gasteiger charge is -2.61. The number of guanidine groups is 1. The third kappa shape index (κ3) is 5.29. The molecule has 2 N–H and O–H groups in total. The summed E-state index contributed by atoms with van der Waals surface area (Å²) in [6.07, 6.45) is 4.26. The van der Waals surface area contributed by atoms with Gasteiger partial charge in [0.2, 0.25) is 5.91 Å². The van der Waals surface area contributed by atoms with Gasteiger partial charge in [-0.2, -0.15) is 0 Å². The number of carbonyl (C=O) groups excluding carboxylic acids is 1. The fourth-order valence-electron chi connectivity index (χ4n) is 7.36. The van der Waals surface area contributed by atoms with Crippen molar-refractivity contribution in [3.8, 4) is 0 Å². The topological polar surface area (TPSA) is 91.6 Å². The van der Waals surface area contributed by atoms with E-state index in [1.54, 1.807) is 12.1 Å². The Bertz CT molecular complexity index is 1610. The fourth-order valence-corrected chi connectivity index (χ4v) is 7.36. The van der Waals surface area contributed by atoms with E-state index in [1.165, 1.54) is 23.4 Å². The number of halogens is 1. The second-order valence-corrected chi connectivity index (χ2v) is 13.3. The number of benzene rings is 2. The number of fused-ring (bicyclic) bond motifs is 3. The van der Waals surface area contributed by atoms with Gasteiger partial charge in [-0.3, -0.25) is 14.2 Å². The number of hydrogen-bond acceptors (Lipinski definition) is 4. The number of carbonyl (C=O) groups is 1. The number of piperazine rings is 1. The Balaban J connectivity index is 1.25. The van der Waals surface area contributed by atoms with Crippen LogP contribution < -0.4 is 16.2 Å². The number of amides is 1. The number of hydrogen-bond donors (Lipinski definition) is 2. The van der Waals surface area contributed by atoms with Crippen molar-refractivity contribution < 1.29 is 9.18 Å². The number of nitrogens with zero attached hydrogens (tertiary/aromatic N) is 4. The number of aliphatic imine (C=N–C) groups is 1. The summed E-state index contributed by atoms with van der Waals surface area (Å²) in [6, 6.07) is 10.9. The summed E-state index contributed by atoms with van der Waals surface area (Å²) in [7, 11) is 0. The van der Waals surface area contributed by atoms with E-state index in [0.29, 0.717) is 65.1 Å². The number of anilines is 1. The van der Waals surface area contributed by atoms with Crippen molar-refractivity contribution in [2.75, 3.05) is 18.4 Å². The van der Waals surface area contributed by atoms with Crippen molar-refractivity contribution in [3.05, 3.63) is 70.0 Å². The number of rotatable bonds is 5. The molecule has 3 aliphatic carbocycles. The van der Waals surface area contributed by atoms with Gasteiger partial charge >= 0.3 is 0 Å². The van der Waals surface area contributed by atoms with E-state index in [0.717, 1.165) is 17.7 Å². The molecule has 3 aromatic rings. The van der Waals surface area contributed by atoms with E-state index in [4.69, 9.17) is 4.99 Å². The average molecular weight is 573 g/mol. The highest BCUT2D eigenvalue weighted by Crippen LogP contribution is 2.61. The zero-order chi connectivity index (χ0) is 29.8. The SMILES string of the molecule is Cc1ccc(CCn2cnc3cc(NC(=N[C@H]4CC5C[C@H]([C@@H]4C)C5(C)C)N4CC(=O)N[C@@H](C)C4)ccc3c2=O)c(F)c1. The van der Waals surface area contributed by atoms with Crippen molar-refractivity contribution >= 4 is 28.5 Å². The molecule has 1 unspecified atom stereocenters. The van der Waals surface area contributed by atoms with Crippen LogP contribution in [0.25, 0.3) is 10.9 Å². The van der Waals surface area contributed by atoms with Crippen LogP contribution in [-0.4, -0.2) is 51.5 Å². The molecule has 3 saturated carbocycles. The average Bonchev–Trinajstić information content (AvgIpc) is 2.93. The van der Waals surface area contributed by atoms with Gasteiger partial charge in [0.25, 0.3) is 5.56 Å². The van der Waals surface area contributed by atoms with E-state index in [1.807, 2.05) is 36.9 Å². The monoisotopic (exact) mass is 572 g/mol. The predicted octanol–water partition coefficient (Wildman–Crippen LogP) is 4.75. The third-order valence-corrected chi connectivity index (χ3v) is 10.0. The summed E-state index contributed by atoms with van der Waals surface area (Å²) >= 11 is 0. The van der Waals surface area contributed by atoms with Crippen molar-refractivity contribution in [2.24, 2.45) is 28.2 Å². The smallest absolute Gasteiger partial charge is 0.261 e. The van der Waals surface area contributed by atoms with Gasteiger partial charge in [0.15, 0.2) is 5.96 Å². The largest absolute Gasteiger partial charge is 0.350 e. The van der Waals surface area contributed by atoms with E-state index in [2.05, 4.69) is 36.4 Å². The maximum atomic E-state index is 14.3. The Morgan fingerprint density at radius 1 is 1.17 bits per heavy atom. The Labute approximate surface area is 246 Å². The molecule has 4 aliphatic rings. The van der Waals surface area contributed by atoms with Gasteiger partial charge in [-0.1, -0.05) is 32.9 Å². The lowest BCUT2D eigenvalue weighted by atomic mass is 9.45. The lowest BCUT2D eigenvalue weighted by Crippen LogP contribution is -2.58. The van der Waals surface area contributed by atoms with Crippen LogP contribution in [0.5, 0.6) is 0 Å². The molecule has 2 aromatic carbocycles. The Hall–Kier alpha value is -3.75. The molecule has 7 rings (SSSR count). The van der Waals surface area contributed by atoms with Gasteiger partial charge in [0, 0.05) is 24.8 Å². The highest BCUT2D eigenvalue weighted by molar-refractivity contribution is 5.98. The van der Waals surface area contributed by atoms with Crippen molar-refractivity contribution in [1.29, 1.82) is 0 Å². The zero-order valence-electron chi connectivity index (χ0n) is 25.2. The molecule has 1 amide bonds. The van der Waals surface area contributed by atoms with Gasteiger partial charge in [-0.15, -0.1) is 0 Å². The standard InChI is InChI=1S/C33H41FN6O2/c1-19-6-7-22(27(34)12-19)10-11-39-18-35-29-15-24(8-9-25(29)31(39)42)37-32(40-16-20(2)36-30(41)17-40)38-28-14-23-13-26(21(28)3)33(23,4)5/h6-9,12,15,18,20-21,23,26,28H,10-11,13-14,16-17H2,1-5H3,(H,36,41)(H,37,38)/t20-,21-,23?,26+,28-/m0/s1. The summed E-state index contributed by atoms with van der Waals surface area (Å²) in [5.74, 6) is 2.21. The number of aryl methyl sites for hydroxylation is 3. The minimum Gasteiger partial charge on any atom is -0.350 e. The highest BCUT2D eigenvalue weighted by atomic mass is 19.1. The van der Waals surface area contributed by atoms with Crippen LogP contribution in [0.1, 0.15) is 51.7 Å². The van der Waals surface area contributed by atoms with Crippen LogP contribution in [0.2, 0.25) is 0 Å². The molecule has 8 nitrogen and oxygen atoms in total. The van der Waals surface area contributed by atoms with Gasteiger partial charge in [0.05, 0.1) is 29.8 Å². The second-order valence-electron chi connectivity index (χ2n) is 13.3. The van der Waals surface area contributed by atoms with Crippen LogP contribution in [0.15, 0.2) is 52.5 Å². The Kier molecular flexibility index (Phi) is 7.31. The summed E-state index contributed by atoms with van der Waals surface area (Å²) in [5.41, 5.74) is 2.98. The van der Waals surface area contributed by atoms with E-state index in [9.17, 15) is 14.0 Å². The fraction of sp³-hybridized carbons (Fsp3) is 0.515. The van der Waals surface area contributed by atoms with Crippen LogP contribution in [0, 0.1) is 35.9 Å². The molecule has 1 saturated heterocycles. The Morgan fingerprint density at radius 3 is 2.69 bits per heavy atom. The molecule has 5 atom stereocenters. The number of aromatic nitrogens is 2. The molecule has 9 heteroatoms. The third-order valence-electron chi connectivity index (χ3n) is 10.0. The van der Waals surface area contributed by atoms with E-state index < -0.39 is 0 Å². The first-order valence-corrected chi connectivity index (χ1v) is 15.1. The molecule has 42 heavy (non-hydrogen) atoms. The molecule has 1 aromatic heterocycles. The first-order valence-electron chi connectivity index (χ1n) is 15.1. The molecule has 2 heterocycles. The second kappa shape index (κ2) is 10.8. The van der Waals surface area contributed by atoms with Crippen LogP contribution in [0.3, 0.4) is 0 Å². The summed E-state index contributed by atoms with van der Waals surface area (Å²) in [4.78, 5) is 37.6. The molecule has 1 aliphatic heterocycles.